The first-order valence-electron chi connectivity index (χ1n) is 5.84. The molecule has 0 radical (unpaired) electrons. The van der Waals surface area contributed by atoms with Crippen molar-refractivity contribution in [3.05, 3.63) is 24.3 Å². The molecule has 4 amide bonds. The summed E-state index contributed by atoms with van der Waals surface area (Å²) < 4.78 is 0. The predicted molar refractivity (Wildman–Crippen MR) is 70.7 cm³/mol. The summed E-state index contributed by atoms with van der Waals surface area (Å²) in [6.07, 6.45) is 1.14. The van der Waals surface area contributed by atoms with Crippen LogP contribution in [0.2, 0.25) is 0 Å². The van der Waals surface area contributed by atoms with Crippen LogP contribution in [0, 0.1) is 5.92 Å². The zero-order chi connectivity index (χ0) is 14.9. The maximum absolute atomic E-state index is 11.9. The fourth-order valence-electron chi connectivity index (χ4n) is 1.79. The van der Waals surface area contributed by atoms with Gasteiger partial charge in [0.15, 0.2) is 5.92 Å². The smallest absolute Gasteiger partial charge is 0.332 e. The third-order valence-electron chi connectivity index (χ3n) is 3.01. The van der Waals surface area contributed by atoms with E-state index in [9.17, 15) is 19.5 Å². The maximum Gasteiger partial charge on any atom is 0.332 e. The van der Waals surface area contributed by atoms with Gasteiger partial charge in [-0.3, -0.25) is 24.4 Å². The Morgan fingerprint density at radius 3 is 2.20 bits per heavy atom. The van der Waals surface area contributed by atoms with Crippen LogP contribution in [-0.4, -0.2) is 53.1 Å². The molecule has 1 fully saturated rings. The molecule has 2 rings (SSSR count). The zero-order valence-electron chi connectivity index (χ0n) is 11.0. The number of para-hydroxylation sites is 2. The topological polar surface area (TPSA) is 90.3 Å². The van der Waals surface area contributed by atoms with Crippen LogP contribution in [0.25, 0.3) is 0 Å². The summed E-state index contributed by atoms with van der Waals surface area (Å²) in [6, 6.07) is 5.61. The number of aliphatic imine (C=N–C) groups is 1. The average Bonchev–Trinajstić information content (AvgIpc) is 2.45. The number of hydrogen-bond donors (Lipinski definition) is 1. The van der Waals surface area contributed by atoms with Crippen LogP contribution in [0.4, 0.5) is 10.5 Å². The molecule has 0 spiro atoms. The Morgan fingerprint density at radius 1 is 1.10 bits per heavy atom. The molecule has 1 N–H and O–H groups in total. The molecule has 1 saturated heterocycles. The lowest BCUT2D eigenvalue weighted by Crippen LogP contribution is -2.57. The van der Waals surface area contributed by atoms with Gasteiger partial charge in [0.1, 0.15) is 11.4 Å². The number of nitrogens with zero attached hydrogens (tertiary/aromatic N) is 3. The number of urea groups is 1. The normalized spacial score (nSPS) is 17.4. The number of amides is 4. The lowest BCUT2D eigenvalue weighted by molar-refractivity contribution is -0.144. The van der Waals surface area contributed by atoms with Crippen LogP contribution in [0.3, 0.4) is 0 Å². The molecule has 104 valence electrons. The Kier molecular flexibility index (Phi) is 3.51. The number of phenolic OH excluding ortho intramolecular Hbond substituents is 1. The number of carbonyl (C=O) groups excluding carboxylic acids is 3. The van der Waals surface area contributed by atoms with Gasteiger partial charge in [0.25, 0.3) is 0 Å². The van der Waals surface area contributed by atoms with Crippen LogP contribution >= 0.6 is 0 Å². The van der Waals surface area contributed by atoms with Gasteiger partial charge in [0.2, 0.25) is 11.8 Å². The Hall–Kier alpha value is -2.70. The van der Waals surface area contributed by atoms with Crippen LogP contribution in [0.1, 0.15) is 0 Å². The quantitative estimate of drug-likeness (QED) is 0.637. The van der Waals surface area contributed by atoms with Gasteiger partial charge in [-0.15, -0.1) is 0 Å². The number of rotatable bonds is 2. The molecular formula is C13H13N3O4. The van der Waals surface area contributed by atoms with Gasteiger partial charge in [-0.2, -0.15) is 0 Å². The Balaban J connectivity index is 2.28. The van der Waals surface area contributed by atoms with Crippen LogP contribution < -0.4 is 0 Å². The van der Waals surface area contributed by atoms with E-state index in [1.165, 1.54) is 20.2 Å². The minimum absolute atomic E-state index is 0.0581. The van der Waals surface area contributed by atoms with Gasteiger partial charge in [-0.05, 0) is 12.1 Å². The molecule has 1 aromatic carbocycles. The second kappa shape index (κ2) is 5.12. The van der Waals surface area contributed by atoms with Crippen LogP contribution in [-0.2, 0) is 9.59 Å². The fraction of sp³-hybridized carbons (Fsp3) is 0.231. The highest BCUT2D eigenvalue weighted by molar-refractivity contribution is 6.23. The van der Waals surface area contributed by atoms with Gasteiger partial charge in [0, 0.05) is 20.3 Å². The summed E-state index contributed by atoms with van der Waals surface area (Å²) in [4.78, 5) is 41.0. The van der Waals surface area contributed by atoms with Crippen molar-refractivity contribution in [1.29, 1.82) is 0 Å². The van der Waals surface area contributed by atoms with Crippen molar-refractivity contribution in [3.8, 4) is 5.75 Å². The van der Waals surface area contributed by atoms with E-state index in [2.05, 4.69) is 4.99 Å². The summed E-state index contributed by atoms with van der Waals surface area (Å²) in [7, 11) is 2.60. The van der Waals surface area contributed by atoms with Crippen molar-refractivity contribution in [2.45, 2.75) is 0 Å². The van der Waals surface area contributed by atoms with E-state index in [0.717, 1.165) is 16.0 Å². The van der Waals surface area contributed by atoms with Crippen molar-refractivity contribution in [3.63, 3.8) is 0 Å². The van der Waals surface area contributed by atoms with Gasteiger partial charge in [-0.1, -0.05) is 12.1 Å². The summed E-state index contributed by atoms with van der Waals surface area (Å²) in [5.41, 5.74) is 0.246. The van der Waals surface area contributed by atoms with Crippen molar-refractivity contribution in [2.24, 2.45) is 10.9 Å². The number of imide groups is 2. The molecule has 1 aromatic rings. The minimum Gasteiger partial charge on any atom is -0.506 e. The number of hydrogen-bond acceptors (Lipinski definition) is 5. The molecule has 0 atom stereocenters. The lowest BCUT2D eigenvalue weighted by Gasteiger charge is -2.31. The van der Waals surface area contributed by atoms with E-state index >= 15 is 0 Å². The highest BCUT2D eigenvalue weighted by Crippen LogP contribution is 2.25. The number of carbonyl (C=O) groups is 3. The largest absolute Gasteiger partial charge is 0.506 e. The van der Waals surface area contributed by atoms with E-state index < -0.39 is 23.8 Å². The second-order valence-electron chi connectivity index (χ2n) is 4.32. The number of benzene rings is 1. The minimum atomic E-state index is -1.16. The molecule has 0 aromatic heterocycles. The number of phenols is 1. The van der Waals surface area contributed by atoms with E-state index in [1.54, 1.807) is 18.2 Å². The number of barbiturate groups is 1. The second-order valence-corrected chi connectivity index (χ2v) is 4.32. The predicted octanol–water partition coefficient (Wildman–Crippen LogP) is 0.761. The molecule has 7 heteroatoms. The lowest BCUT2D eigenvalue weighted by atomic mass is 10.1. The fourth-order valence-corrected chi connectivity index (χ4v) is 1.79. The monoisotopic (exact) mass is 275 g/mol. The molecule has 0 bridgehead atoms. The molecule has 7 nitrogen and oxygen atoms in total. The number of aromatic hydroxyl groups is 1. The van der Waals surface area contributed by atoms with Crippen molar-refractivity contribution in [2.75, 3.05) is 14.1 Å². The molecule has 1 aliphatic rings. The van der Waals surface area contributed by atoms with E-state index in [0.29, 0.717) is 0 Å². The summed E-state index contributed by atoms with van der Waals surface area (Å²) in [5.74, 6) is -2.51. The summed E-state index contributed by atoms with van der Waals surface area (Å²) in [6.45, 7) is 0. The van der Waals surface area contributed by atoms with Crippen molar-refractivity contribution < 1.29 is 19.5 Å². The average molecular weight is 275 g/mol. The highest BCUT2D eigenvalue weighted by Gasteiger charge is 2.41. The van der Waals surface area contributed by atoms with Crippen molar-refractivity contribution >= 4 is 29.7 Å². The van der Waals surface area contributed by atoms with Crippen molar-refractivity contribution in [1.82, 2.24) is 9.80 Å². The van der Waals surface area contributed by atoms with Gasteiger partial charge in [-0.25, -0.2) is 4.79 Å². The summed E-state index contributed by atoms with van der Waals surface area (Å²) in [5, 5.41) is 9.56. The molecule has 1 heterocycles. The molecular weight excluding hydrogens is 262 g/mol. The Labute approximate surface area is 115 Å². The molecule has 1 aliphatic heterocycles. The van der Waals surface area contributed by atoms with E-state index in [1.807, 2.05) is 0 Å². The maximum atomic E-state index is 11.9. The van der Waals surface area contributed by atoms with Gasteiger partial charge >= 0.3 is 6.03 Å². The Bertz CT molecular complexity index is 587. The summed E-state index contributed by atoms with van der Waals surface area (Å²) >= 11 is 0. The highest BCUT2D eigenvalue weighted by atomic mass is 16.3. The van der Waals surface area contributed by atoms with E-state index in [-0.39, 0.29) is 11.4 Å². The van der Waals surface area contributed by atoms with E-state index in [4.69, 9.17) is 0 Å². The molecule has 0 aliphatic carbocycles. The first-order chi connectivity index (χ1) is 9.43. The zero-order valence-corrected chi connectivity index (χ0v) is 11.0. The van der Waals surface area contributed by atoms with Gasteiger partial charge < -0.3 is 5.11 Å². The third-order valence-corrected chi connectivity index (χ3v) is 3.01. The first kappa shape index (κ1) is 13.7. The molecule has 0 unspecified atom stereocenters. The standard InChI is InChI=1S/C13H13N3O4/c1-15-11(18)8(12(19)16(2)13(15)20)7-14-9-5-3-4-6-10(9)17/h3-8,17H,1-2H3. The Morgan fingerprint density at radius 2 is 1.65 bits per heavy atom. The van der Waals surface area contributed by atoms with Gasteiger partial charge in [0.05, 0.1) is 0 Å². The molecule has 20 heavy (non-hydrogen) atoms. The van der Waals surface area contributed by atoms with Crippen LogP contribution in [0.5, 0.6) is 5.75 Å². The third kappa shape index (κ3) is 2.25. The SMILES string of the molecule is CN1C(=O)C(C=Nc2ccccc2O)C(=O)N(C)C1=O. The first-order valence-corrected chi connectivity index (χ1v) is 5.84. The molecule has 0 saturated carbocycles. The van der Waals surface area contributed by atoms with Crippen LogP contribution in [0.15, 0.2) is 29.3 Å².